The first-order valence-corrected chi connectivity index (χ1v) is 9.62. The van der Waals surface area contributed by atoms with E-state index in [4.69, 9.17) is 17.0 Å². The number of hydrogen-bond donors (Lipinski definition) is 2. The summed E-state index contributed by atoms with van der Waals surface area (Å²) in [6.45, 7) is 0.454. The van der Waals surface area contributed by atoms with Crippen molar-refractivity contribution in [1.29, 1.82) is 0 Å². The molecule has 0 saturated heterocycles. The number of halogens is 2. The summed E-state index contributed by atoms with van der Waals surface area (Å²) in [5.74, 6) is 0.413. The highest BCUT2D eigenvalue weighted by molar-refractivity contribution is 9.10. The maximum Gasteiger partial charge on any atom is 0.191 e. The molecule has 3 rings (SSSR count). The number of hydrazone groups is 1. The second-order valence-electron chi connectivity index (χ2n) is 5.78. The van der Waals surface area contributed by atoms with Crippen LogP contribution in [0, 0.1) is 5.82 Å². The van der Waals surface area contributed by atoms with Crippen LogP contribution in [0.4, 0.5) is 10.1 Å². The molecule has 0 aromatic heterocycles. The van der Waals surface area contributed by atoms with Crippen molar-refractivity contribution in [3.05, 3.63) is 94.2 Å². The van der Waals surface area contributed by atoms with Gasteiger partial charge in [0.25, 0.3) is 0 Å². The van der Waals surface area contributed by atoms with Crippen LogP contribution in [0.25, 0.3) is 0 Å². The third-order valence-electron chi connectivity index (χ3n) is 3.70. The van der Waals surface area contributed by atoms with E-state index in [1.807, 2.05) is 48.5 Å². The lowest BCUT2D eigenvalue weighted by Gasteiger charge is -2.10. The predicted molar refractivity (Wildman–Crippen MR) is 118 cm³/mol. The molecule has 0 aliphatic heterocycles. The predicted octanol–water partition coefficient (Wildman–Crippen LogP) is 5.49. The Kier molecular flexibility index (Phi) is 7.11. The fraction of sp³-hybridized carbons (Fsp3) is 0.0476. The van der Waals surface area contributed by atoms with Crippen molar-refractivity contribution in [3.63, 3.8) is 0 Å². The minimum absolute atomic E-state index is 0.302. The fourth-order valence-electron chi connectivity index (χ4n) is 2.31. The number of nitrogens with one attached hydrogen (secondary N) is 2. The summed E-state index contributed by atoms with van der Waals surface area (Å²) in [4.78, 5) is 0. The van der Waals surface area contributed by atoms with Gasteiger partial charge in [-0.2, -0.15) is 5.10 Å². The third kappa shape index (κ3) is 6.14. The molecule has 0 fully saturated rings. The van der Waals surface area contributed by atoms with Crippen molar-refractivity contribution in [2.24, 2.45) is 5.10 Å². The smallest absolute Gasteiger partial charge is 0.191 e. The number of anilines is 1. The van der Waals surface area contributed by atoms with E-state index in [1.165, 1.54) is 12.1 Å². The molecule has 7 heteroatoms. The zero-order chi connectivity index (χ0) is 19.8. The molecule has 0 atom stereocenters. The minimum atomic E-state index is -0.304. The van der Waals surface area contributed by atoms with Crippen LogP contribution in [0.1, 0.15) is 11.1 Å². The molecule has 0 aliphatic carbocycles. The lowest BCUT2D eigenvalue weighted by Crippen LogP contribution is -2.23. The number of para-hydroxylation sites is 1. The molecule has 0 radical (unpaired) electrons. The molecular formula is C21H17BrFN3OS. The topological polar surface area (TPSA) is 45.7 Å². The average Bonchev–Trinajstić information content (AvgIpc) is 2.70. The quantitative estimate of drug-likeness (QED) is 0.292. The fourth-order valence-corrected chi connectivity index (χ4v) is 2.75. The van der Waals surface area contributed by atoms with Crippen molar-refractivity contribution < 1.29 is 9.13 Å². The summed E-state index contributed by atoms with van der Waals surface area (Å²) in [6, 6.07) is 21.5. The van der Waals surface area contributed by atoms with Gasteiger partial charge in [-0.1, -0.05) is 40.2 Å². The highest BCUT2D eigenvalue weighted by atomic mass is 79.9. The van der Waals surface area contributed by atoms with Gasteiger partial charge < -0.3 is 10.1 Å². The normalized spacial score (nSPS) is 10.6. The Hall–Kier alpha value is -2.77. The Balaban J connectivity index is 1.56. The van der Waals surface area contributed by atoms with Gasteiger partial charge in [-0.25, -0.2) is 4.39 Å². The number of benzene rings is 3. The summed E-state index contributed by atoms with van der Waals surface area (Å²) in [5, 5.41) is 7.37. The van der Waals surface area contributed by atoms with Crippen LogP contribution in [0.2, 0.25) is 0 Å². The van der Waals surface area contributed by atoms with Gasteiger partial charge in [0.05, 0.1) is 6.21 Å². The van der Waals surface area contributed by atoms with Gasteiger partial charge in [0.1, 0.15) is 18.2 Å². The zero-order valence-electron chi connectivity index (χ0n) is 14.7. The molecule has 0 saturated carbocycles. The average molecular weight is 458 g/mol. The van der Waals surface area contributed by atoms with Gasteiger partial charge in [0.2, 0.25) is 0 Å². The van der Waals surface area contributed by atoms with E-state index < -0.39 is 0 Å². The van der Waals surface area contributed by atoms with Gasteiger partial charge in [0.15, 0.2) is 5.11 Å². The molecule has 0 bridgehead atoms. The number of nitrogens with zero attached hydrogens (tertiary/aromatic N) is 1. The molecule has 142 valence electrons. The first kappa shape index (κ1) is 20.0. The second kappa shape index (κ2) is 9.96. The molecule has 0 heterocycles. The van der Waals surface area contributed by atoms with Crippen LogP contribution in [0.15, 0.2) is 82.4 Å². The van der Waals surface area contributed by atoms with Crippen LogP contribution < -0.4 is 15.5 Å². The van der Waals surface area contributed by atoms with Crippen LogP contribution in [0.3, 0.4) is 0 Å². The Morgan fingerprint density at radius 2 is 1.75 bits per heavy atom. The van der Waals surface area contributed by atoms with E-state index in [0.717, 1.165) is 15.6 Å². The Morgan fingerprint density at radius 3 is 2.50 bits per heavy atom. The molecule has 28 heavy (non-hydrogen) atoms. The largest absolute Gasteiger partial charge is 0.488 e. The van der Waals surface area contributed by atoms with Crippen molar-refractivity contribution in [2.45, 2.75) is 6.61 Å². The first-order valence-electron chi connectivity index (χ1n) is 8.42. The van der Waals surface area contributed by atoms with Crippen molar-refractivity contribution in [2.75, 3.05) is 5.32 Å². The summed E-state index contributed by atoms with van der Waals surface area (Å²) >= 11 is 8.60. The van der Waals surface area contributed by atoms with Gasteiger partial charge in [-0.15, -0.1) is 0 Å². The number of ether oxygens (including phenoxy) is 1. The van der Waals surface area contributed by atoms with E-state index in [9.17, 15) is 4.39 Å². The summed E-state index contributed by atoms with van der Waals surface area (Å²) < 4.78 is 19.9. The second-order valence-corrected chi connectivity index (χ2v) is 7.11. The Bertz CT molecular complexity index is 962. The maximum atomic E-state index is 12.9. The van der Waals surface area contributed by atoms with Crippen molar-refractivity contribution in [3.8, 4) is 5.75 Å². The summed E-state index contributed by atoms with van der Waals surface area (Å²) in [7, 11) is 0. The Morgan fingerprint density at radius 1 is 1.04 bits per heavy atom. The summed E-state index contributed by atoms with van der Waals surface area (Å²) in [5.41, 5.74) is 5.29. The van der Waals surface area contributed by atoms with Crippen LogP contribution in [0.5, 0.6) is 5.75 Å². The molecule has 2 N–H and O–H groups in total. The standard InChI is InChI=1S/C21H17BrFN3OS/c22-17-7-5-15(6-8-17)14-27-20-4-2-1-3-16(20)13-24-26-21(28)25-19-11-9-18(23)10-12-19/h1-13H,14H2,(H2,25,26,28)/b24-13+. The van der Waals surface area contributed by atoms with Crippen LogP contribution >= 0.6 is 28.1 Å². The van der Waals surface area contributed by atoms with E-state index in [1.54, 1.807) is 18.3 Å². The molecule has 0 spiro atoms. The lowest BCUT2D eigenvalue weighted by molar-refractivity contribution is 0.306. The highest BCUT2D eigenvalue weighted by Gasteiger charge is 2.02. The van der Waals surface area contributed by atoms with Gasteiger partial charge >= 0.3 is 0 Å². The monoisotopic (exact) mass is 457 g/mol. The molecular weight excluding hydrogens is 441 g/mol. The maximum absolute atomic E-state index is 12.9. The van der Waals surface area contributed by atoms with E-state index in [0.29, 0.717) is 23.2 Å². The zero-order valence-corrected chi connectivity index (χ0v) is 17.1. The lowest BCUT2D eigenvalue weighted by atomic mass is 10.2. The van der Waals surface area contributed by atoms with Crippen LogP contribution in [-0.2, 0) is 6.61 Å². The summed E-state index contributed by atoms with van der Waals surface area (Å²) in [6.07, 6.45) is 1.63. The number of thiocarbonyl (C=S) groups is 1. The number of rotatable bonds is 6. The van der Waals surface area contributed by atoms with Crippen LogP contribution in [-0.4, -0.2) is 11.3 Å². The van der Waals surface area contributed by atoms with Crippen molar-refractivity contribution in [1.82, 2.24) is 5.43 Å². The molecule has 4 nitrogen and oxygen atoms in total. The van der Waals surface area contributed by atoms with E-state index in [-0.39, 0.29) is 5.82 Å². The third-order valence-corrected chi connectivity index (χ3v) is 4.42. The molecule has 0 aliphatic rings. The van der Waals surface area contributed by atoms with Gasteiger partial charge in [-0.3, -0.25) is 5.43 Å². The van der Waals surface area contributed by atoms with Gasteiger partial charge in [0, 0.05) is 15.7 Å². The molecule has 0 amide bonds. The van der Waals surface area contributed by atoms with E-state index in [2.05, 4.69) is 31.8 Å². The van der Waals surface area contributed by atoms with Gasteiger partial charge in [-0.05, 0) is 66.3 Å². The first-order chi connectivity index (χ1) is 13.6. The molecule has 3 aromatic rings. The number of hydrogen-bond acceptors (Lipinski definition) is 3. The van der Waals surface area contributed by atoms with Crippen molar-refractivity contribution >= 4 is 45.2 Å². The SMILES string of the molecule is Fc1ccc(NC(=S)N/N=C/c2ccccc2OCc2ccc(Br)cc2)cc1. The van der Waals surface area contributed by atoms with E-state index >= 15 is 0 Å². The highest BCUT2D eigenvalue weighted by Crippen LogP contribution is 2.18. The Labute approximate surface area is 176 Å². The molecule has 0 unspecified atom stereocenters. The minimum Gasteiger partial charge on any atom is -0.488 e. The molecule has 3 aromatic carbocycles.